The van der Waals surface area contributed by atoms with Crippen molar-refractivity contribution >= 4 is 17.4 Å². The predicted octanol–water partition coefficient (Wildman–Crippen LogP) is 2.48. The van der Waals surface area contributed by atoms with Crippen LogP contribution in [0.1, 0.15) is 22.8 Å². The number of nitrogens with zero attached hydrogens (tertiary/aromatic N) is 1. The van der Waals surface area contributed by atoms with E-state index >= 15 is 0 Å². The average Bonchev–Trinajstić information content (AvgIpc) is 2.39. The summed E-state index contributed by atoms with van der Waals surface area (Å²) in [5.41, 5.74) is 8.02. The SMILES string of the molecule is CCc1cccc(NC(=O)c2ccnc(N)c2)c1. The maximum atomic E-state index is 12.0. The number of pyridine rings is 1. The molecule has 0 saturated heterocycles. The van der Waals surface area contributed by atoms with Gasteiger partial charge >= 0.3 is 0 Å². The molecule has 1 aromatic heterocycles. The Bertz CT molecular complexity index is 566. The van der Waals surface area contributed by atoms with Crippen LogP contribution >= 0.6 is 0 Å². The molecule has 1 amide bonds. The van der Waals surface area contributed by atoms with E-state index in [9.17, 15) is 4.79 Å². The van der Waals surface area contributed by atoms with Crippen LogP contribution in [0.3, 0.4) is 0 Å². The van der Waals surface area contributed by atoms with Crippen molar-refractivity contribution in [3.63, 3.8) is 0 Å². The quantitative estimate of drug-likeness (QED) is 0.867. The Hall–Kier alpha value is -2.36. The molecule has 18 heavy (non-hydrogen) atoms. The van der Waals surface area contributed by atoms with Crippen molar-refractivity contribution in [1.82, 2.24) is 4.98 Å². The van der Waals surface area contributed by atoms with E-state index in [2.05, 4.69) is 17.2 Å². The van der Waals surface area contributed by atoms with Gasteiger partial charge in [0, 0.05) is 17.4 Å². The van der Waals surface area contributed by atoms with E-state index in [0.29, 0.717) is 11.4 Å². The lowest BCUT2D eigenvalue weighted by Crippen LogP contribution is -2.12. The normalized spacial score (nSPS) is 10.1. The van der Waals surface area contributed by atoms with Crippen molar-refractivity contribution in [1.29, 1.82) is 0 Å². The summed E-state index contributed by atoms with van der Waals surface area (Å²) >= 11 is 0. The molecule has 0 unspecified atom stereocenters. The average molecular weight is 241 g/mol. The topological polar surface area (TPSA) is 68.0 Å². The Kier molecular flexibility index (Phi) is 3.57. The van der Waals surface area contributed by atoms with Gasteiger partial charge in [0.2, 0.25) is 0 Å². The fourth-order valence-electron chi connectivity index (χ4n) is 1.66. The van der Waals surface area contributed by atoms with Gasteiger partial charge in [-0.25, -0.2) is 4.98 Å². The van der Waals surface area contributed by atoms with E-state index in [-0.39, 0.29) is 5.91 Å². The van der Waals surface area contributed by atoms with Gasteiger partial charge in [0.25, 0.3) is 5.91 Å². The summed E-state index contributed by atoms with van der Waals surface area (Å²) in [7, 11) is 0. The highest BCUT2D eigenvalue weighted by Crippen LogP contribution is 2.13. The van der Waals surface area contributed by atoms with E-state index in [1.54, 1.807) is 12.1 Å². The molecule has 0 fully saturated rings. The van der Waals surface area contributed by atoms with Crippen molar-refractivity contribution in [2.75, 3.05) is 11.1 Å². The molecule has 0 saturated carbocycles. The molecule has 0 spiro atoms. The number of rotatable bonds is 3. The number of hydrogen-bond acceptors (Lipinski definition) is 3. The van der Waals surface area contributed by atoms with Gasteiger partial charge in [0.05, 0.1) is 0 Å². The second kappa shape index (κ2) is 5.31. The minimum absolute atomic E-state index is 0.183. The molecule has 0 aliphatic heterocycles. The molecular formula is C14H15N3O. The third-order valence-corrected chi connectivity index (χ3v) is 2.64. The maximum Gasteiger partial charge on any atom is 0.255 e. The molecule has 0 atom stereocenters. The molecular weight excluding hydrogens is 226 g/mol. The number of benzene rings is 1. The molecule has 0 aliphatic rings. The number of nitrogens with two attached hydrogens (primary N) is 1. The number of carbonyl (C=O) groups is 1. The van der Waals surface area contributed by atoms with E-state index in [4.69, 9.17) is 5.73 Å². The minimum Gasteiger partial charge on any atom is -0.384 e. The Labute approximate surface area is 106 Å². The Morgan fingerprint density at radius 3 is 2.89 bits per heavy atom. The second-order valence-electron chi connectivity index (χ2n) is 3.98. The van der Waals surface area contributed by atoms with E-state index in [1.165, 1.54) is 11.8 Å². The van der Waals surface area contributed by atoms with Crippen LogP contribution in [0.25, 0.3) is 0 Å². The fourth-order valence-corrected chi connectivity index (χ4v) is 1.66. The number of aromatic nitrogens is 1. The van der Waals surface area contributed by atoms with Gasteiger partial charge in [-0.05, 0) is 36.2 Å². The first kappa shape index (κ1) is 12.1. The summed E-state index contributed by atoms with van der Waals surface area (Å²) in [5, 5.41) is 2.84. The molecule has 0 bridgehead atoms. The summed E-state index contributed by atoms with van der Waals surface area (Å²) in [6.07, 6.45) is 2.46. The molecule has 2 rings (SSSR count). The van der Waals surface area contributed by atoms with E-state index in [0.717, 1.165) is 12.1 Å². The lowest BCUT2D eigenvalue weighted by Gasteiger charge is -2.06. The Morgan fingerprint density at radius 1 is 1.33 bits per heavy atom. The van der Waals surface area contributed by atoms with Crippen LogP contribution in [-0.2, 0) is 6.42 Å². The Morgan fingerprint density at radius 2 is 2.17 bits per heavy atom. The van der Waals surface area contributed by atoms with Crippen LogP contribution in [0.2, 0.25) is 0 Å². The second-order valence-corrected chi connectivity index (χ2v) is 3.98. The predicted molar refractivity (Wildman–Crippen MR) is 72.4 cm³/mol. The van der Waals surface area contributed by atoms with Crippen molar-refractivity contribution < 1.29 is 4.79 Å². The van der Waals surface area contributed by atoms with Crippen LogP contribution in [0, 0.1) is 0 Å². The van der Waals surface area contributed by atoms with Crippen LogP contribution in [0.5, 0.6) is 0 Å². The van der Waals surface area contributed by atoms with Crippen molar-refractivity contribution in [3.05, 3.63) is 53.7 Å². The zero-order valence-corrected chi connectivity index (χ0v) is 10.2. The zero-order valence-electron chi connectivity index (χ0n) is 10.2. The monoisotopic (exact) mass is 241 g/mol. The van der Waals surface area contributed by atoms with Crippen LogP contribution in [0.4, 0.5) is 11.5 Å². The zero-order chi connectivity index (χ0) is 13.0. The Balaban J connectivity index is 2.16. The van der Waals surface area contributed by atoms with Crippen LogP contribution < -0.4 is 11.1 Å². The highest BCUT2D eigenvalue weighted by Gasteiger charge is 2.06. The smallest absolute Gasteiger partial charge is 0.255 e. The molecule has 0 aliphatic carbocycles. The highest BCUT2D eigenvalue weighted by molar-refractivity contribution is 6.04. The number of aryl methyl sites for hydroxylation is 1. The van der Waals surface area contributed by atoms with Gasteiger partial charge < -0.3 is 11.1 Å². The minimum atomic E-state index is -0.183. The van der Waals surface area contributed by atoms with E-state index < -0.39 is 0 Å². The highest BCUT2D eigenvalue weighted by atomic mass is 16.1. The molecule has 1 aromatic carbocycles. The number of nitrogens with one attached hydrogen (secondary N) is 1. The first-order chi connectivity index (χ1) is 8.69. The van der Waals surface area contributed by atoms with Gasteiger partial charge in [-0.15, -0.1) is 0 Å². The molecule has 3 N–H and O–H groups in total. The molecule has 1 heterocycles. The summed E-state index contributed by atoms with van der Waals surface area (Å²) in [4.78, 5) is 15.8. The number of nitrogen functional groups attached to an aromatic ring is 1. The molecule has 92 valence electrons. The molecule has 2 aromatic rings. The summed E-state index contributed by atoms with van der Waals surface area (Å²) in [5.74, 6) is 0.155. The largest absolute Gasteiger partial charge is 0.384 e. The maximum absolute atomic E-state index is 12.0. The van der Waals surface area contributed by atoms with E-state index in [1.807, 2.05) is 24.3 Å². The summed E-state index contributed by atoms with van der Waals surface area (Å²) in [6, 6.07) is 11.0. The molecule has 4 heteroatoms. The van der Waals surface area contributed by atoms with Gasteiger partial charge in [-0.3, -0.25) is 4.79 Å². The third-order valence-electron chi connectivity index (χ3n) is 2.64. The van der Waals surface area contributed by atoms with Crippen molar-refractivity contribution in [2.45, 2.75) is 13.3 Å². The van der Waals surface area contributed by atoms with Gasteiger partial charge in [0.1, 0.15) is 5.82 Å². The van der Waals surface area contributed by atoms with Gasteiger partial charge in [0.15, 0.2) is 0 Å². The standard InChI is InChI=1S/C14H15N3O/c1-2-10-4-3-5-12(8-10)17-14(18)11-6-7-16-13(15)9-11/h3-9H,2H2,1H3,(H2,15,16)(H,17,18). The number of amides is 1. The number of carbonyl (C=O) groups excluding carboxylic acids is 1. The number of hydrogen-bond donors (Lipinski definition) is 2. The van der Waals surface area contributed by atoms with Crippen LogP contribution in [0.15, 0.2) is 42.6 Å². The molecule has 0 radical (unpaired) electrons. The van der Waals surface area contributed by atoms with Crippen molar-refractivity contribution in [2.24, 2.45) is 0 Å². The summed E-state index contributed by atoms with van der Waals surface area (Å²) < 4.78 is 0. The third kappa shape index (κ3) is 2.85. The van der Waals surface area contributed by atoms with Gasteiger partial charge in [-0.2, -0.15) is 0 Å². The van der Waals surface area contributed by atoms with Crippen LogP contribution in [-0.4, -0.2) is 10.9 Å². The number of anilines is 2. The molecule has 4 nitrogen and oxygen atoms in total. The van der Waals surface area contributed by atoms with Gasteiger partial charge in [-0.1, -0.05) is 19.1 Å². The van der Waals surface area contributed by atoms with Crippen molar-refractivity contribution in [3.8, 4) is 0 Å². The first-order valence-electron chi connectivity index (χ1n) is 5.81. The summed E-state index contributed by atoms with van der Waals surface area (Å²) in [6.45, 7) is 2.07. The fraction of sp³-hybridized carbons (Fsp3) is 0.143. The first-order valence-corrected chi connectivity index (χ1v) is 5.81. The lowest BCUT2D eigenvalue weighted by molar-refractivity contribution is 0.102. The lowest BCUT2D eigenvalue weighted by atomic mass is 10.1.